The van der Waals surface area contributed by atoms with Crippen molar-refractivity contribution in [3.8, 4) is 11.5 Å². The summed E-state index contributed by atoms with van der Waals surface area (Å²) >= 11 is 5.32. The first-order chi connectivity index (χ1) is 12.8. The monoisotopic (exact) mass is 432 g/mol. The van der Waals surface area contributed by atoms with Crippen LogP contribution in [-0.2, 0) is 6.54 Å². The number of benzene rings is 1. The maximum Gasteiger partial charge on any atom is 0.231 e. The van der Waals surface area contributed by atoms with Crippen LogP contribution in [0.2, 0.25) is 0 Å². The van der Waals surface area contributed by atoms with Gasteiger partial charge < -0.3 is 14.4 Å². The molecule has 134 valence electrons. The number of hydrogen-bond acceptors (Lipinski definition) is 7. The number of aromatic nitrogens is 2. The number of halogens is 1. The van der Waals surface area contributed by atoms with E-state index in [0.717, 1.165) is 64.7 Å². The molecule has 5 rings (SSSR count). The number of ether oxygens (including phenoxy) is 2. The molecule has 0 spiro atoms. The normalized spacial score (nSPS) is 17.2. The summed E-state index contributed by atoms with van der Waals surface area (Å²) in [6.45, 7) is 5.11. The molecule has 0 atom stereocenters. The summed E-state index contributed by atoms with van der Waals surface area (Å²) in [6, 6.07) is 6.20. The highest BCUT2D eigenvalue weighted by atomic mass is 79.9. The largest absolute Gasteiger partial charge is 0.454 e. The second-order valence-electron chi connectivity index (χ2n) is 6.40. The Morgan fingerprint density at radius 1 is 1.08 bits per heavy atom. The highest BCUT2D eigenvalue weighted by Gasteiger charge is 2.22. The summed E-state index contributed by atoms with van der Waals surface area (Å²) in [5.74, 6) is 2.71. The molecule has 8 heteroatoms. The van der Waals surface area contributed by atoms with Gasteiger partial charge in [-0.15, -0.1) is 11.3 Å². The smallest absolute Gasteiger partial charge is 0.231 e. The summed E-state index contributed by atoms with van der Waals surface area (Å²) in [5, 5.41) is 3.24. The summed E-state index contributed by atoms with van der Waals surface area (Å²) in [5.41, 5.74) is 1.23. The standard InChI is InChI=1S/C18H17BrN4O2S/c19-14-8-16-15(24-11-25-16)7-12(14)9-22-2-4-23(5-3-22)17-13-1-6-26-18(13)21-10-20-17/h1,6-8,10H,2-5,9,11H2. The van der Waals surface area contributed by atoms with Gasteiger partial charge in [-0.2, -0.15) is 0 Å². The van der Waals surface area contributed by atoms with E-state index < -0.39 is 0 Å². The van der Waals surface area contributed by atoms with Crippen molar-refractivity contribution in [1.82, 2.24) is 14.9 Å². The fourth-order valence-corrected chi connectivity index (χ4v) is 4.64. The predicted molar refractivity (Wildman–Crippen MR) is 105 cm³/mol. The number of rotatable bonds is 3. The second kappa shape index (κ2) is 6.68. The first-order valence-electron chi connectivity index (χ1n) is 8.51. The van der Waals surface area contributed by atoms with Gasteiger partial charge in [0.15, 0.2) is 11.5 Å². The van der Waals surface area contributed by atoms with E-state index >= 15 is 0 Å². The number of fused-ring (bicyclic) bond motifs is 2. The van der Waals surface area contributed by atoms with E-state index in [9.17, 15) is 0 Å². The Hall–Kier alpha value is -1.90. The Kier molecular flexibility index (Phi) is 4.18. The van der Waals surface area contributed by atoms with Crippen molar-refractivity contribution in [2.24, 2.45) is 0 Å². The lowest BCUT2D eigenvalue weighted by Gasteiger charge is -2.35. The van der Waals surface area contributed by atoms with Crippen LogP contribution in [0.25, 0.3) is 10.2 Å². The van der Waals surface area contributed by atoms with Gasteiger partial charge in [-0.25, -0.2) is 9.97 Å². The number of nitrogens with zero attached hydrogens (tertiary/aromatic N) is 4. The molecule has 1 fully saturated rings. The highest BCUT2D eigenvalue weighted by Crippen LogP contribution is 2.37. The lowest BCUT2D eigenvalue weighted by atomic mass is 10.1. The van der Waals surface area contributed by atoms with Crippen molar-refractivity contribution in [3.05, 3.63) is 39.9 Å². The zero-order valence-corrected chi connectivity index (χ0v) is 16.4. The summed E-state index contributed by atoms with van der Waals surface area (Å²) in [7, 11) is 0. The van der Waals surface area contributed by atoms with Crippen LogP contribution in [0.15, 0.2) is 34.4 Å². The van der Waals surface area contributed by atoms with Gasteiger partial charge in [0.25, 0.3) is 0 Å². The van der Waals surface area contributed by atoms with Crippen LogP contribution in [0.1, 0.15) is 5.56 Å². The summed E-state index contributed by atoms with van der Waals surface area (Å²) in [4.78, 5) is 14.8. The fourth-order valence-electron chi connectivity index (χ4n) is 3.47. The Morgan fingerprint density at radius 2 is 1.88 bits per heavy atom. The quantitative estimate of drug-likeness (QED) is 0.630. The molecule has 0 amide bonds. The lowest BCUT2D eigenvalue weighted by molar-refractivity contribution is 0.174. The third kappa shape index (κ3) is 2.91. The van der Waals surface area contributed by atoms with Crippen molar-refractivity contribution >= 4 is 43.3 Å². The molecular weight excluding hydrogens is 416 g/mol. The molecular formula is C18H17BrN4O2S. The van der Waals surface area contributed by atoms with Crippen molar-refractivity contribution < 1.29 is 9.47 Å². The minimum atomic E-state index is 0.305. The number of thiophene rings is 1. The average molecular weight is 433 g/mol. The molecule has 6 nitrogen and oxygen atoms in total. The summed E-state index contributed by atoms with van der Waals surface area (Å²) in [6.07, 6.45) is 1.67. The molecule has 1 saturated heterocycles. The van der Waals surface area contributed by atoms with E-state index in [0.29, 0.717) is 6.79 Å². The summed E-state index contributed by atoms with van der Waals surface area (Å²) < 4.78 is 12.0. The minimum absolute atomic E-state index is 0.305. The van der Waals surface area contributed by atoms with Gasteiger partial charge in [0.2, 0.25) is 6.79 Å². The molecule has 4 heterocycles. The molecule has 26 heavy (non-hydrogen) atoms. The van der Waals surface area contributed by atoms with Crippen molar-refractivity contribution in [2.45, 2.75) is 6.54 Å². The van der Waals surface area contributed by atoms with E-state index in [2.05, 4.69) is 53.2 Å². The van der Waals surface area contributed by atoms with Gasteiger partial charge in [0.1, 0.15) is 17.0 Å². The molecule has 0 unspecified atom stereocenters. The highest BCUT2D eigenvalue weighted by molar-refractivity contribution is 9.10. The Morgan fingerprint density at radius 3 is 2.73 bits per heavy atom. The third-order valence-corrected chi connectivity index (χ3v) is 6.41. The molecule has 0 aliphatic carbocycles. The molecule has 3 aromatic rings. The zero-order valence-electron chi connectivity index (χ0n) is 14.0. The van der Waals surface area contributed by atoms with Crippen molar-refractivity contribution in [3.63, 3.8) is 0 Å². The molecule has 1 aromatic carbocycles. The van der Waals surface area contributed by atoms with Gasteiger partial charge in [-0.05, 0) is 29.1 Å². The van der Waals surface area contributed by atoms with Gasteiger partial charge in [0, 0.05) is 37.2 Å². The molecule has 2 aliphatic rings. The van der Waals surface area contributed by atoms with Crippen LogP contribution in [0.5, 0.6) is 11.5 Å². The Balaban J connectivity index is 1.28. The van der Waals surface area contributed by atoms with Crippen molar-refractivity contribution in [2.75, 3.05) is 37.9 Å². The van der Waals surface area contributed by atoms with Gasteiger partial charge in [-0.3, -0.25) is 4.90 Å². The first-order valence-corrected chi connectivity index (χ1v) is 10.2. The molecule has 0 saturated carbocycles. The van der Waals surface area contributed by atoms with Crippen LogP contribution in [0.4, 0.5) is 5.82 Å². The zero-order chi connectivity index (χ0) is 17.5. The van der Waals surface area contributed by atoms with E-state index in [4.69, 9.17) is 9.47 Å². The SMILES string of the molecule is Brc1cc2c(cc1CN1CCN(c3ncnc4sccc34)CC1)OCO2. The number of piperazine rings is 1. The van der Waals surface area contributed by atoms with Crippen LogP contribution in [0, 0.1) is 0 Å². The number of anilines is 1. The van der Waals surface area contributed by atoms with E-state index in [1.807, 2.05) is 6.07 Å². The maximum atomic E-state index is 5.51. The second-order valence-corrected chi connectivity index (χ2v) is 8.15. The Labute approximate surface area is 163 Å². The fraction of sp³-hybridized carbons (Fsp3) is 0.333. The van der Waals surface area contributed by atoms with Gasteiger partial charge >= 0.3 is 0 Å². The van der Waals surface area contributed by atoms with Gasteiger partial charge in [-0.1, -0.05) is 15.9 Å². The van der Waals surface area contributed by atoms with Crippen LogP contribution >= 0.6 is 27.3 Å². The van der Waals surface area contributed by atoms with Crippen LogP contribution in [-0.4, -0.2) is 47.8 Å². The maximum absolute atomic E-state index is 5.51. The molecule has 0 radical (unpaired) electrons. The lowest BCUT2D eigenvalue weighted by Crippen LogP contribution is -2.46. The van der Waals surface area contributed by atoms with Crippen LogP contribution < -0.4 is 14.4 Å². The van der Waals surface area contributed by atoms with Crippen molar-refractivity contribution in [1.29, 1.82) is 0 Å². The van der Waals surface area contributed by atoms with E-state index in [-0.39, 0.29) is 0 Å². The van der Waals surface area contributed by atoms with E-state index in [1.54, 1.807) is 17.7 Å². The van der Waals surface area contributed by atoms with E-state index in [1.165, 1.54) is 5.56 Å². The first kappa shape index (κ1) is 16.3. The topological polar surface area (TPSA) is 50.7 Å². The minimum Gasteiger partial charge on any atom is -0.454 e. The molecule has 2 aliphatic heterocycles. The Bertz CT molecular complexity index is 956. The predicted octanol–water partition coefficient (Wildman–Crippen LogP) is 3.50. The average Bonchev–Trinajstić information content (AvgIpc) is 3.31. The molecule has 0 bridgehead atoms. The third-order valence-electron chi connectivity index (χ3n) is 4.85. The number of hydrogen-bond donors (Lipinski definition) is 0. The molecule has 2 aromatic heterocycles. The van der Waals surface area contributed by atoms with Gasteiger partial charge in [0.05, 0.1) is 5.39 Å². The molecule has 0 N–H and O–H groups in total. The van der Waals surface area contributed by atoms with Crippen LogP contribution in [0.3, 0.4) is 0 Å².